The number of hydrogen-bond donors (Lipinski definition) is 0. The van der Waals surface area contributed by atoms with Gasteiger partial charge in [0, 0.05) is 50.8 Å². The van der Waals surface area contributed by atoms with E-state index in [2.05, 4.69) is 113 Å². The first-order valence-corrected chi connectivity index (χ1v) is 24.1. The second-order valence-electron chi connectivity index (χ2n) is 17.0. The molecule has 9 aromatic rings. The fourth-order valence-corrected chi connectivity index (χ4v) is 10.2. The maximum Gasteiger partial charge on any atom is 0.0991 e. The minimum absolute atomic E-state index is 0. The number of hydrogen-bond acceptors (Lipinski definition) is 5. The first-order chi connectivity index (χ1) is 29.0. The van der Waals surface area contributed by atoms with Crippen molar-refractivity contribution in [2.75, 3.05) is 0 Å². The molecule has 0 amide bonds. The second kappa shape index (κ2) is 17.2. The van der Waals surface area contributed by atoms with Gasteiger partial charge in [-0.05, 0) is 89.1 Å². The van der Waals surface area contributed by atoms with Crippen molar-refractivity contribution in [3.8, 4) is 45.5 Å². The summed E-state index contributed by atoms with van der Waals surface area (Å²) < 4.78 is 22.1. The maximum atomic E-state index is 9.29. The van der Waals surface area contributed by atoms with Crippen LogP contribution in [0.25, 0.3) is 70.7 Å². The molecule has 0 atom stereocenters. The van der Waals surface area contributed by atoms with E-state index >= 15 is 0 Å². The Morgan fingerprint density at radius 1 is 0.850 bits per heavy atom. The number of nitriles is 1. The van der Waals surface area contributed by atoms with E-state index in [0.29, 0.717) is 5.56 Å². The number of para-hydroxylation sites is 2. The Hall–Kier alpha value is -5.55. The molecule has 0 aliphatic rings. The molecular formula is C52H47IrN5SSi-2. The minimum atomic E-state index is -1.70. The number of thiophene rings is 1. The van der Waals surface area contributed by atoms with Gasteiger partial charge in [0.15, 0.2) is 0 Å². The first-order valence-electron chi connectivity index (χ1n) is 20.8. The molecule has 301 valence electrons. The number of rotatable bonds is 6. The van der Waals surface area contributed by atoms with Gasteiger partial charge in [-0.1, -0.05) is 117 Å². The topological polar surface area (TPSA) is 67.4 Å². The normalized spacial score (nSPS) is 12.3. The summed E-state index contributed by atoms with van der Waals surface area (Å²) in [6.45, 7) is 16.6. The fourth-order valence-electron chi connectivity index (χ4n) is 7.55. The van der Waals surface area contributed by atoms with Crippen LogP contribution in [0.2, 0.25) is 19.6 Å². The largest absolute Gasteiger partial charge is 0.333 e. The summed E-state index contributed by atoms with van der Waals surface area (Å²) in [5.41, 5.74) is 10.7. The van der Waals surface area contributed by atoms with Gasteiger partial charge < -0.3 is 9.55 Å². The number of fused-ring (bicyclic) bond motifs is 4. The van der Waals surface area contributed by atoms with Crippen molar-refractivity contribution < 1.29 is 22.8 Å². The Labute approximate surface area is 375 Å². The quantitative estimate of drug-likeness (QED) is 0.123. The van der Waals surface area contributed by atoms with Crippen molar-refractivity contribution in [1.82, 2.24) is 19.5 Å². The number of pyridine rings is 2. The molecule has 0 saturated heterocycles. The van der Waals surface area contributed by atoms with Crippen LogP contribution in [0.1, 0.15) is 46.0 Å². The van der Waals surface area contributed by atoms with Crippen molar-refractivity contribution in [1.29, 1.82) is 5.26 Å². The third-order valence-electron chi connectivity index (χ3n) is 10.1. The van der Waals surface area contributed by atoms with E-state index in [0.717, 1.165) is 77.3 Å². The molecule has 0 saturated carbocycles. The summed E-state index contributed by atoms with van der Waals surface area (Å²) in [6, 6.07) is 49.5. The molecule has 5 aromatic carbocycles. The van der Waals surface area contributed by atoms with Crippen LogP contribution in [-0.4, -0.2) is 27.6 Å². The molecule has 9 rings (SSSR count). The zero-order valence-corrected chi connectivity index (χ0v) is 39.3. The zero-order chi connectivity index (χ0) is 43.3. The molecule has 0 fully saturated rings. The standard InChI is InChI=1S/C33H21N4S.C19H26NSi.Ir/c1-20-17-24(18-21(2)35-20)37-29-9-5-4-8-28(29)36-33(37)27-16-15-25(23-13-11-22(19-34)12-14-23)31-26-7-3-6-10-30(26)38-32(27)31;1-19(2,3)13-16-12-17(15-10-8-7-9-11-15)20-14-18(16)21(4,5)6;/h3-15,17-18H,1-2H3;7-10,12,14H,13H2,1-6H3;/q2*-1;/i;13D2;. The van der Waals surface area contributed by atoms with Crippen molar-refractivity contribution in [3.63, 3.8) is 0 Å². The van der Waals surface area contributed by atoms with E-state index in [1.807, 2.05) is 101 Å². The molecule has 60 heavy (non-hydrogen) atoms. The SMILES string of the molecule is Cc1cc(-n2c(-c3[c-]cc(-c4ccc(C#N)cc4)c4c3sc3ccccc34)nc3ccccc32)cc(C)n1.[2H]C([2H])(c1cc(-c2[c-]cccc2)ncc1[Si](C)(C)C)C(C)(C)C.[Ir]. The van der Waals surface area contributed by atoms with Crippen molar-refractivity contribution in [3.05, 3.63) is 162 Å². The van der Waals surface area contributed by atoms with E-state index in [9.17, 15) is 5.26 Å². The molecule has 4 aromatic heterocycles. The molecule has 0 aliphatic heterocycles. The second-order valence-corrected chi connectivity index (χ2v) is 23.0. The van der Waals surface area contributed by atoms with Gasteiger partial charge in [0.2, 0.25) is 0 Å². The van der Waals surface area contributed by atoms with Gasteiger partial charge in [-0.25, -0.2) is 0 Å². The minimum Gasteiger partial charge on any atom is -0.333 e. The molecule has 4 heterocycles. The monoisotopic (exact) mass is 996 g/mol. The fraction of sp³-hybridized carbons (Fsp3) is 0.192. The van der Waals surface area contributed by atoms with Gasteiger partial charge in [0.25, 0.3) is 0 Å². The van der Waals surface area contributed by atoms with E-state index in [-0.39, 0.29) is 20.1 Å². The Balaban J connectivity index is 0.000000208. The smallest absolute Gasteiger partial charge is 0.0991 e. The third-order valence-corrected chi connectivity index (χ3v) is 13.3. The van der Waals surface area contributed by atoms with Crippen LogP contribution < -0.4 is 5.19 Å². The van der Waals surface area contributed by atoms with E-state index in [4.69, 9.17) is 7.73 Å². The van der Waals surface area contributed by atoms with Crippen molar-refractivity contribution in [2.24, 2.45) is 5.41 Å². The average Bonchev–Trinajstić information content (AvgIpc) is 3.82. The van der Waals surface area contributed by atoms with E-state index in [1.54, 1.807) is 11.3 Å². The first kappa shape index (κ1) is 39.9. The Kier molecular flexibility index (Phi) is 11.4. The molecular weight excluding hydrogens is 947 g/mol. The Morgan fingerprint density at radius 2 is 1.55 bits per heavy atom. The van der Waals surface area contributed by atoms with Gasteiger partial charge >= 0.3 is 0 Å². The Bertz CT molecular complexity index is 3100. The third kappa shape index (κ3) is 8.82. The van der Waals surface area contributed by atoms with Gasteiger partial charge in [-0.2, -0.15) is 16.6 Å². The molecule has 1 radical (unpaired) electrons. The van der Waals surface area contributed by atoms with Gasteiger partial charge in [-0.3, -0.25) is 9.97 Å². The van der Waals surface area contributed by atoms with Crippen LogP contribution in [0.15, 0.2) is 128 Å². The van der Waals surface area contributed by atoms with Crippen molar-refractivity contribution >= 4 is 55.8 Å². The summed E-state index contributed by atoms with van der Waals surface area (Å²) in [6.07, 6.45) is 0.469. The maximum absolute atomic E-state index is 9.29. The predicted molar refractivity (Wildman–Crippen MR) is 250 cm³/mol. The van der Waals surface area contributed by atoms with Crippen LogP contribution >= 0.6 is 11.3 Å². The number of nitrogens with zero attached hydrogens (tertiary/aromatic N) is 5. The predicted octanol–water partition coefficient (Wildman–Crippen LogP) is 13.1. The molecule has 0 bridgehead atoms. The summed E-state index contributed by atoms with van der Waals surface area (Å²) in [7, 11) is -1.70. The Morgan fingerprint density at radius 3 is 2.23 bits per heavy atom. The van der Waals surface area contributed by atoms with E-state index in [1.165, 1.54) is 15.5 Å². The van der Waals surface area contributed by atoms with E-state index < -0.39 is 19.9 Å². The summed E-state index contributed by atoms with van der Waals surface area (Å²) in [5, 5.41) is 12.8. The molecule has 0 unspecified atom stereocenters. The molecule has 8 heteroatoms. The van der Waals surface area contributed by atoms with Crippen molar-refractivity contribution in [2.45, 2.75) is 60.6 Å². The van der Waals surface area contributed by atoms with Crippen LogP contribution in [0, 0.1) is 42.7 Å². The van der Waals surface area contributed by atoms with Crippen LogP contribution in [0.3, 0.4) is 0 Å². The van der Waals surface area contributed by atoms with Crippen LogP contribution in [0.4, 0.5) is 0 Å². The van der Waals surface area contributed by atoms with Gasteiger partial charge in [0.05, 0.1) is 36.6 Å². The molecule has 5 nitrogen and oxygen atoms in total. The van der Waals surface area contributed by atoms with Crippen LogP contribution in [0.5, 0.6) is 0 Å². The van der Waals surface area contributed by atoms with Gasteiger partial charge in [0.1, 0.15) is 0 Å². The number of imidazole rings is 1. The molecule has 0 N–H and O–H groups in total. The summed E-state index contributed by atoms with van der Waals surface area (Å²) in [4.78, 5) is 14.4. The number of aryl methyl sites for hydroxylation is 2. The summed E-state index contributed by atoms with van der Waals surface area (Å²) >= 11 is 1.77. The van der Waals surface area contributed by atoms with Gasteiger partial charge in [-0.15, -0.1) is 48.0 Å². The summed E-state index contributed by atoms with van der Waals surface area (Å²) in [5.74, 6) is 0.860. The number of benzene rings is 5. The molecule has 0 aliphatic carbocycles. The average molecular weight is 996 g/mol. The van der Waals surface area contributed by atoms with Crippen LogP contribution in [-0.2, 0) is 26.5 Å². The molecule has 0 spiro atoms. The zero-order valence-electron chi connectivity index (χ0n) is 37.1. The number of aromatic nitrogens is 4.